The summed E-state index contributed by atoms with van der Waals surface area (Å²) in [7, 11) is -2.25. The Bertz CT molecular complexity index is 1460. The summed E-state index contributed by atoms with van der Waals surface area (Å²) in [5.74, 6) is 0. The van der Waals surface area contributed by atoms with Crippen LogP contribution in [0.2, 0.25) is 5.02 Å². The molecular weight excluding hydrogens is 545 g/mol. The molecule has 0 aromatic heterocycles. The van der Waals surface area contributed by atoms with Gasteiger partial charge in [0.1, 0.15) is 0 Å². The van der Waals surface area contributed by atoms with Crippen molar-refractivity contribution in [1.82, 2.24) is 4.31 Å². The van der Waals surface area contributed by atoms with Crippen molar-refractivity contribution in [3.63, 3.8) is 0 Å². The van der Waals surface area contributed by atoms with E-state index in [4.69, 9.17) is 23.4 Å². The fraction of sp³-hybridized carbons (Fsp3) is 0.0714. The predicted octanol–water partition coefficient (Wildman–Crippen LogP) is 7.05. The van der Waals surface area contributed by atoms with E-state index in [0.29, 0.717) is 10.1 Å². The summed E-state index contributed by atoms with van der Waals surface area (Å²) >= 11 is 13.9. The fourth-order valence-electron chi connectivity index (χ4n) is 3.50. The van der Waals surface area contributed by atoms with Gasteiger partial charge in [-0.05, 0) is 53.4 Å². The molecule has 0 aliphatic rings. The lowest BCUT2D eigenvalue weighted by atomic mass is 10.2. The number of benzene rings is 4. The molecule has 0 fully saturated rings. The van der Waals surface area contributed by atoms with Crippen LogP contribution >= 0.6 is 28.2 Å². The van der Waals surface area contributed by atoms with Crippen LogP contribution in [-0.2, 0) is 21.8 Å². The first kappa shape index (κ1) is 26.7. The molecule has 8 heteroatoms. The van der Waals surface area contributed by atoms with Crippen molar-refractivity contribution in [1.29, 1.82) is 0 Å². The smallest absolute Gasteiger partial charge is 0.263 e. The Balaban J connectivity index is 1.87. The third kappa shape index (κ3) is 5.96. The van der Waals surface area contributed by atoms with E-state index in [-0.39, 0.29) is 4.90 Å². The Kier molecular flexibility index (Phi) is 8.44. The fourth-order valence-corrected chi connectivity index (χ4v) is 11.6. The van der Waals surface area contributed by atoms with Crippen LogP contribution in [0, 0.1) is 6.92 Å². The Morgan fingerprint density at radius 1 is 0.833 bits per heavy atom. The predicted molar refractivity (Wildman–Crippen MR) is 160 cm³/mol. The molecule has 0 aliphatic heterocycles. The van der Waals surface area contributed by atoms with Crippen LogP contribution in [0.3, 0.4) is 0 Å². The van der Waals surface area contributed by atoms with E-state index in [1.165, 1.54) is 15.7 Å². The number of hydrogen-bond acceptors (Lipinski definition) is 4. The first-order chi connectivity index (χ1) is 17.2. The number of aryl methyl sites for hydroxylation is 1. The van der Waals surface area contributed by atoms with E-state index < -0.39 is 15.3 Å². The molecular formula is C28H25ClNO2PS3. The van der Waals surface area contributed by atoms with Gasteiger partial charge in [0.15, 0.2) is 0 Å². The zero-order valence-electron chi connectivity index (χ0n) is 19.8. The standard InChI is InChI=1S/C28H25ClNO2PS3/c1-22-13-19-27(20-14-22)36(31,32)30(2)28(21-23-15-17-24(29)18-16-23)35-33(34,25-9-5-3-6-10-25)26-11-7-4-8-12-26/h3-21H,1-2H3/b28-21+. The second kappa shape index (κ2) is 11.4. The van der Waals surface area contributed by atoms with Gasteiger partial charge in [0.05, 0.1) is 15.2 Å². The minimum Gasteiger partial charge on any atom is -0.263 e. The Morgan fingerprint density at radius 2 is 1.33 bits per heavy atom. The Hall–Kier alpha value is -2.34. The topological polar surface area (TPSA) is 37.4 Å². The van der Waals surface area contributed by atoms with Gasteiger partial charge < -0.3 is 0 Å². The van der Waals surface area contributed by atoms with Crippen molar-refractivity contribution < 1.29 is 8.42 Å². The van der Waals surface area contributed by atoms with E-state index in [9.17, 15) is 8.42 Å². The summed E-state index contributed by atoms with van der Waals surface area (Å²) in [5.41, 5.74) is 1.82. The van der Waals surface area contributed by atoms with Crippen LogP contribution in [0.25, 0.3) is 6.08 Å². The molecule has 0 amide bonds. The van der Waals surface area contributed by atoms with Crippen molar-refractivity contribution in [3.8, 4) is 0 Å². The molecule has 3 nitrogen and oxygen atoms in total. The lowest BCUT2D eigenvalue weighted by Crippen LogP contribution is -2.26. The third-order valence-electron chi connectivity index (χ3n) is 5.56. The molecule has 0 saturated carbocycles. The molecule has 36 heavy (non-hydrogen) atoms. The highest BCUT2D eigenvalue weighted by molar-refractivity contribution is 8.76. The number of nitrogens with zero attached hydrogens (tertiary/aromatic N) is 1. The first-order valence-corrected chi connectivity index (χ1v) is 17.2. The van der Waals surface area contributed by atoms with Crippen molar-refractivity contribution in [2.75, 3.05) is 7.05 Å². The van der Waals surface area contributed by atoms with Gasteiger partial charge in [-0.3, -0.25) is 4.31 Å². The van der Waals surface area contributed by atoms with Gasteiger partial charge in [-0.2, -0.15) is 0 Å². The molecule has 0 atom stereocenters. The SMILES string of the molecule is Cc1ccc(S(=O)(=O)N(C)/C(=C\c2ccc(Cl)cc2)SP(=S)(c2ccccc2)c2ccccc2)cc1. The van der Waals surface area contributed by atoms with Crippen molar-refractivity contribution in [3.05, 3.63) is 130 Å². The molecule has 0 unspecified atom stereocenters. The van der Waals surface area contributed by atoms with Crippen molar-refractivity contribution in [2.45, 2.75) is 11.8 Å². The monoisotopic (exact) mass is 569 g/mol. The quantitative estimate of drug-likeness (QED) is 0.213. The van der Waals surface area contributed by atoms with Gasteiger partial charge >= 0.3 is 0 Å². The molecule has 4 aromatic carbocycles. The van der Waals surface area contributed by atoms with Crippen LogP contribution in [0.4, 0.5) is 0 Å². The summed E-state index contributed by atoms with van der Waals surface area (Å²) in [5, 5.41) is 0.647. The van der Waals surface area contributed by atoms with E-state index in [1.807, 2.05) is 85.8 Å². The largest absolute Gasteiger partial charge is 0.264 e. The maximum Gasteiger partial charge on any atom is 0.264 e. The molecule has 0 spiro atoms. The van der Waals surface area contributed by atoms with E-state index in [1.54, 1.807) is 43.4 Å². The number of halogens is 1. The van der Waals surface area contributed by atoms with E-state index in [2.05, 4.69) is 0 Å². The van der Waals surface area contributed by atoms with Gasteiger partial charge in [0, 0.05) is 12.1 Å². The van der Waals surface area contributed by atoms with Crippen molar-refractivity contribution >= 4 is 66.7 Å². The lowest BCUT2D eigenvalue weighted by molar-refractivity contribution is 0.536. The molecule has 184 valence electrons. The lowest BCUT2D eigenvalue weighted by Gasteiger charge is -2.29. The van der Waals surface area contributed by atoms with Gasteiger partial charge in [0.2, 0.25) is 0 Å². The summed E-state index contributed by atoms with van der Waals surface area (Å²) in [6.07, 6.45) is 1.86. The molecule has 0 aliphatic carbocycles. The maximum atomic E-state index is 13.7. The Labute approximate surface area is 227 Å². The molecule has 0 saturated heterocycles. The normalized spacial score (nSPS) is 12.4. The van der Waals surface area contributed by atoms with Crippen LogP contribution in [0.5, 0.6) is 0 Å². The minimum atomic E-state index is -3.83. The van der Waals surface area contributed by atoms with Crippen molar-refractivity contribution in [2.24, 2.45) is 0 Å². The highest BCUT2D eigenvalue weighted by atomic mass is 35.5. The molecule has 4 rings (SSSR count). The summed E-state index contributed by atoms with van der Waals surface area (Å²) < 4.78 is 28.8. The molecule has 0 N–H and O–H groups in total. The number of rotatable bonds is 8. The number of hydrogen-bond donors (Lipinski definition) is 0. The van der Waals surface area contributed by atoms with Crippen LogP contribution in [-0.4, -0.2) is 19.8 Å². The zero-order chi connectivity index (χ0) is 25.8. The summed E-state index contributed by atoms with van der Waals surface area (Å²) in [6.45, 7) is 1.93. The van der Waals surface area contributed by atoms with Crippen LogP contribution in [0.1, 0.15) is 11.1 Å². The van der Waals surface area contributed by atoms with Gasteiger partial charge in [-0.15, -0.1) is 0 Å². The average Bonchev–Trinajstić information content (AvgIpc) is 2.90. The molecule has 0 radical (unpaired) electrons. The molecule has 0 bridgehead atoms. The Morgan fingerprint density at radius 3 is 1.83 bits per heavy atom. The zero-order valence-corrected chi connectivity index (χ0v) is 23.9. The minimum absolute atomic E-state index is 0.228. The molecule has 4 aromatic rings. The third-order valence-corrected chi connectivity index (χ3v) is 15.0. The van der Waals surface area contributed by atoms with E-state index in [0.717, 1.165) is 21.7 Å². The summed E-state index contributed by atoms with van der Waals surface area (Å²) in [4.78, 5) is 0.228. The van der Waals surface area contributed by atoms with Gasteiger partial charge in [-0.1, -0.05) is 125 Å². The first-order valence-electron chi connectivity index (χ1n) is 11.1. The van der Waals surface area contributed by atoms with E-state index >= 15 is 0 Å². The number of sulfonamides is 1. The van der Waals surface area contributed by atoms with Crippen LogP contribution < -0.4 is 10.6 Å². The highest BCUT2D eigenvalue weighted by Crippen LogP contribution is 2.61. The van der Waals surface area contributed by atoms with Crippen LogP contribution in [0.15, 0.2) is 119 Å². The maximum absolute atomic E-state index is 13.7. The summed E-state index contributed by atoms with van der Waals surface area (Å²) in [6, 6.07) is 34.0. The highest BCUT2D eigenvalue weighted by Gasteiger charge is 2.30. The average molecular weight is 570 g/mol. The van der Waals surface area contributed by atoms with Gasteiger partial charge in [-0.25, -0.2) is 8.42 Å². The second-order valence-corrected chi connectivity index (χ2v) is 17.8. The molecule has 0 heterocycles. The van der Waals surface area contributed by atoms with Gasteiger partial charge in [0.25, 0.3) is 10.0 Å². The second-order valence-electron chi connectivity index (χ2n) is 8.13.